The van der Waals surface area contributed by atoms with E-state index in [2.05, 4.69) is 37.3 Å². The molecule has 298 valence electrons. The number of hydrazine groups is 1. The summed E-state index contributed by atoms with van der Waals surface area (Å²) in [5.41, 5.74) is 2.55. The fourth-order valence-electron chi connectivity index (χ4n) is 9.26. The summed E-state index contributed by atoms with van der Waals surface area (Å²) < 4.78 is 11.6. The number of phenols is 2. The number of halogens is 4. The molecule has 13 nitrogen and oxygen atoms in total. The number of rotatable bonds is 8. The number of fused-ring (bicyclic) bond motifs is 4. The third-order valence-corrected chi connectivity index (χ3v) is 14.5. The molecular weight excluding hydrogens is 925 g/mol. The van der Waals surface area contributed by atoms with Gasteiger partial charge in [-0.25, -0.2) is 9.69 Å². The molecule has 6 atom stereocenters. The van der Waals surface area contributed by atoms with Crippen molar-refractivity contribution in [1.82, 2.24) is 5.01 Å². The first-order chi connectivity index (χ1) is 27.6. The molecule has 0 radical (unpaired) electrons. The number of carboxylic acid groups (broad SMARTS) is 1. The molecule has 0 bridgehead atoms. The summed E-state index contributed by atoms with van der Waals surface area (Å²) in [6.45, 7) is 0. The van der Waals surface area contributed by atoms with Gasteiger partial charge in [0.15, 0.2) is 11.5 Å². The van der Waals surface area contributed by atoms with E-state index in [0.717, 1.165) is 22.0 Å². The van der Waals surface area contributed by atoms with Crippen LogP contribution in [0, 0.1) is 23.7 Å². The standard InChI is InChI=1S/C41H31Br2Cl2N3O10/c1-57-20-7-3-17(4-8-20)41-26(37(52)48(40(41)56)46-28-12-5-18(44)13-27(28)45)15-24-21(32(41)25-16-30(58-2)35(50)34(43)33(25)42)10-11-23-31(24)38(53)47(36(23)51)19-6-9-22(39(54)55)29(49)14-19/h3-10,12-14,16,23-24,26,31-32,46,49-50H,11,15H2,1-2H3,(H,54,55)/t23-,24+,26-,31-,32+,41+/m0/s1. The van der Waals surface area contributed by atoms with E-state index in [1.165, 1.54) is 32.4 Å². The van der Waals surface area contributed by atoms with Crippen LogP contribution in [-0.4, -0.2) is 64.1 Å². The average Bonchev–Trinajstić information content (AvgIpc) is 3.58. The second-order valence-electron chi connectivity index (χ2n) is 14.4. The van der Waals surface area contributed by atoms with E-state index in [1.54, 1.807) is 36.4 Å². The van der Waals surface area contributed by atoms with Crippen LogP contribution < -0.4 is 19.8 Å². The van der Waals surface area contributed by atoms with Crippen molar-refractivity contribution >= 4 is 96.0 Å². The predicted molar refractivity (Wildman–Crippen MR) is 218 cm³/mol. The minimum Gasteiger partial charge on any atom is -0.507 e. The van der Waals surface area contributed by atoms with Gasteiger partial charge in [-0.1, -0.05) is 47.0 Å². The molecule has 4 aromatic rings. The lowest BCUT2D eigenvalue weighted by molar-refractivity contribution is -0.138. The Bertz CT molecular complexity index is 2520. The van der Waals surface area contributed by atoms with Crippen molar-refractivity contribution in [3.8, 4) is 23.0 Å². The number of nitrogens with zero attached hydrogens (tertiary/aromatic N) is 2. The molecule has 1 saturated carbocycles. The first-order valence-corrected chi connectivity index (χ1v) is 20.1. The van der Waals surface area contributed by atoms with Crippen LogP contribution >= 0.6 is 55.1 Å². The number of phenolic OH excluding ortho intramolecular Hbond substituents is 1. The zero-order valence-electron chi connectivity index (χ0n) is 30.3. The fourth-order valence-corrected chi connectivity index (χ4v) is 10.7. The number of aromatic carboxylic acids is 1. The Hall–Kier alpha value is -5.09. The first kappa shape index (κ1) is 39.7. The Morgan fingerprint density at radius 1 is 0.879 bits per heavy atom. The second-order valence-corrected chi connectivity index (χ2v) is 16.8. The molecule has 4 N–H and O–H groups in total. The predicted octanol–water partition coefficient (Wildman–Crippen LogP) is 7.83. The van der Waals surface area contributed by atoms with Crippen molar-refractivity contribution < 1.29 is 48.8 Å². The number of aromatic hydroxyl groups is 2. The lowest BCUT2D eigenvalue weighted by atomic mass is 9.49. The van der Waals surface area contributed by atoms with Gasteiger partial charge in [0.05, 0.1) is 58.3 Å². The van der Waals surface area contributed by atoms with Crippen molar-refractivity contribution in [3.05, 3.63) is 114 Å². The summed E-state index contributed by atoms with van der Waals surface area (Å²) in [5.74, 6) is -8.95. The van der Waals surface area contributed by atoms with Gasteiger partial charge in [0.25, 0.3) is 11.8 Å². The van der Waals surface area contributed by atoms with E-state index >= 15 is 9.59 Å². The highest BCUT2D eigenvalue weighted by Gasteiger charge is 2.70. The Labute approximate surface area is 357 Å². The van der Waals surface area contributed by atoms with Gasteiger partial charge in [-0.15, -0.1) is 0 Å². The van der Waals surface area contributed by atoms with Crippen molar-refractivity contribution in [2.24, 2.45) is 23.7 Å². The first-order valence-electron chi connectivity index (χ1n) is 17.8. The molecule has 17 heteroatoms. The van der Waals surface area contributed by atoms with E-state index in [1.807, 2.05) is 6.08 Å². The molecular formula is C41H31Br2Cl2N3O10. The SMILES string of the molecule is COc1ccc([C@@]23C(=O)N(Nc4ccc(Cl)cc4Cl)C(=O)[C@@H]2C[C@@H]2C(=CC[C@@H]4C(=O)N(c5ccc(C(=O)O)c(O)c5)C(=O)[C@@H]42)[C@@H]3c2cc(OC)c(O)c(Br)c2Br)cc1. The molecule has 4 aliphatic rings. The monoisotopic (exact) mass is 953 g/mol. The van der Waals surface area contributed by atoms with E-state index in [9.17, 15) is 29.7 Å². The maximum absolute atomic E-state index is 15.6. The number of allylic oxidation sites excluding steroid dienone is 2. The van der Waals surface area contributed by atoms with E-state index in [0.29, 0.717) is 31.9 Å². The number of carbonyl (C=O) groups is 5. The van der Waals surface area contributed by atoms with Crippen molar-refractivity contribution in [3.63, 3.8) is 0 Å². The van der Waals surface area contributed by atoms with E-state index < -0.39 is 75.9 Å². The van der Waals surface area contributed by atoms with Gasteiger partial charge in [0.2, 0.25) is 11.8 Å². The van der Waals surface area contributed by atoms with Gasteiger partial charge >= 0.3 is 5.97 Å². The Kier molecular flexibility index (Phi) is 10.0. The summed E-state index contributed by atoms with van der Waals surface area (Å²) in [4.78, 5) is 72.1. The molecule has 8 rings (SSSR count). The van der Waals surface area contributed by atoms with Crippen LogP contribution in [0.4, 0.5) is 11.4 Å². The van der Waals surface area contributed by atoms with Gasteiger partial charge in [-0.3, -0.25) is 24.6 Å². The summed E-state index contributed by atoms with van der Waals surface area (Å²) >= 11 is 19.9. The molecule has 3 fully saturated rings. The fraction of sp³-hybridized carbons (Fsp3) is 0.244. The van der Waals surface area contributed by atoms with Gasteiger partial charge in [0.1, 0.15) is 17.1 Å². The third-order valence-electron chi connectivity index (χ3n) is 11.8. The van der Waals surface area contributed by atoms with Crippen molar-refractivity contribution in [1.29, 1.82) is 0 Å². The number of carbonyl (C=O) groups excluding carboxylic acids is 4. The molecule has 0 aromatic heterocycles. The molecule has 2 saturated heterocycles. The number of nitrogens with one attached hydrogen (secondary N) is 1. The van der Waals surface area contributed by atoms with Crippen LogP contribution in [0.3, 0.4) is 0 Å². The summed E-state index contributed by atoms with van der Waals surface area (Å²) in [6, 6.07) is 16.4. The number of hydrogen-bond donors (Lipinski definition) is 4. The van der Waals surface area contributed by atoms with Gasteiger partial charge in [-0.2, -0.15) is 5.01 Å². The highest BCUT2D eigenvalue weighted by Crippen LogP contribution is 2.66. The van der Waals surface area contributed by atoms with E-state index in [4.69, 9.17) is 32.7 Å². The number of ether oxygens (including phenoxy) is 2. The van der Waals surface area contributed by atoms with Crippen LogP contribution in [0.1, 0.15) is 40.2 Å². The lowest BCUT2D eigenvalue weighted by Crippen LogP contribution is -2.53. The van der Waals surface area contributed by atoms with Gasteiger partial charge in [-0.05, 0) is 110 Å². The number of carboxylic acids is 1. The van der Waals surface area contributed by atoms with E-state index in [-0.39, 0.29) is 45.2 Å². The second kappa shape index (κ2) is 14.6. The Morgan fingerprint density at radius 3 is 2.24 bits per heavy atom. The Balaban J connectivity index is 1.35. The van der Waals surface area contributed by atoms with Crippen LogP contribution in [0.2, 0.25) is 10.0 Å². The number of hydrogen-bond acceptors (Lipinski definition) is 10. The molecule has 4 aromatic carbocycles. The van der Waals surface area contributed by atoms with Gasteiger partial charge in [0, 0.05) is 21.5 Å². The topological polar surface area (TPSA) is 183 Å². The largest absolute Gasteiger partial charge is 0.507 e. The number of methoxy groups -OCH3 is 2. The molecule has 0 spiro atoms. The molecule has 0 unspecified atom stereocenters. The minimum absolute atomic E-state index is 0.00864. The number of amides is 4. The van der Waals surface area contributed by atoms with Crippen LogP contribution in [0.25, 0.3) is 0 Å². The normalized spacial score (nSPS) is 24.9. The maximum atomic E-state index is 15.6. The zero-order valence-corrected chi connectivity index (χ0v) is 35.0. The van der Waals surface area contributed by atoms with Crippen molar-refractivity contribution in [2.45, 2.75) is 24.2 Å². The number of anilines is 2. The molecule has 58 heavy (non-hydrogen) atoms. The third kappa shape index (κ3) is 5.80. The maximum Gasteiger partial charge on any atom is 0.339 e. The average molecular weight is 956 g/mol. The highest BCUT2D eigenvalue weighted by molar-refractivity contribution is 9.13. The minimum atomic E-state index is -1.71. The van der Waals surface area contributed by atoms with Crippen LogP contribution in [0.5, 0.6) is 23.0 Å². The van der Waals surface area contributed by atoms with Crippen molar-refractivity contribution in [2.75, 3.05) is 24.5 Å². The van der Waals surface area contributed by atoms with Crippen LogP contribution in [-0.2, 0) is 24.6 Å². The summed E-state index contributed by atoms with van der Waals surface area (Å²) in [5, 5.41) is 32.5. The summed E-state index contributed by atoms with van der Waals surface area (Å²) in [6.07, 6.45) is 1.88. The van der Waals surface area contributed by atoms with Gasteiger partial charge < -0.3 is 24.8 Å². The highest BCUT2D eigenvalue weighted by atomic mass is 79.9. The summed E-state index contributed by atoms with van der Waals surface area (Å²) in [7, 11) is 2.88. The quantitative estimate of drug-likeness (QED) is 0.0998. The molecule has 2 aliphatic heterocycles. The number of benzene rings is 4. The lowest BCUT2D eigenvalue weighted by Gasteiger charge is -2.51. The van der Waals surface area contributed by atoms with Crippen LogP contribution in [0.15, 0.2) is 87.3 Å². The molecule has 2 heterocycles. The smallest absolute Gasteiger partial charge is 0.339 e. The Morgan fingerprint density at radius 2 is 1.60 bits per heavy atom. The zero-order chi connectivity index (χ0) is 41.5. The molecule has 4 amide bonds. The number of imide groups is 2. The molecule has 2 aliphatic carbocycles.